The Morgan fingerprint density at radius 1 is 1.00 bits per heavy atom. The van der Waals surface area contributed by atoms with Crippen molar-refractivity contribution in [2.24, 2.45) is 5.41 Å². The summed E-state index contributed by atoms with van der Waals surface area (Å²) in [5, 5.41) is 0. The summed E-state index contributed by atoms with van der Waals surface area (Å²) in [5.41, 5.74) is 0.182. The van der Waals surface area contributed by atoms with Crippen LogP contribution >= 0.6 is 0 Å². The second-order valence-electron chi connectivity index (χ2n) is 4.01. The summed E-state index contributed by atoms with van der Waals surface area (Å²) >= 11 is 0. The average molecular weight is 154 g/mol. The Morgan fingerprint density at radius 2 is 1.36 bits per heavy atom. The van der Waals surface area contributed by atoms with Gasteiger partial charge in [0.2, 0.25) is 0 Å². The average Bonchev–Trinajstić information content (AvgIpc) is 2.03. The highest BCUT2D eigenvalue weighted by Crippen LogP contribution is 2.31. The molecule has 0 atom stereocenters. The summed E-state index contributed by atoms with van der Waals surface area (Å²) in [6.07, 6.45) is 2.62. The summed E-state index contributed by atoms with van der Waals surface area (Å²) in [5.74, 6) is -0.342. The molecule has 0 bridgehead atoms. The van der Waals surface area contributed by atoms with Gasteiger partial charge in [-0.05, 0) is 18.3 Å². The third-order valence-electron chi connectivity index (χ3n) is 2.37. The highest BCUT2D eigenvalue weighted by Gasteiger charge is 2.27. The van der Waals surface area contributed by atoms with Crippen LogP contribution in [0.25, 0.3) is 0 Å². The lowest BCUT2D eigenvalue weighted by molar-refractivity contribution is -0.136. The van der Waals surface area contributed by atoms with Gasteiger partial charge in [0, 0.05) is 12.8 Å². The Hall–Kier alpha value is -0.660. The lowest BCUT2D eigenvalue weighted by atomic mass is 9.85. The molecular formula is C9H14O2. The van der Waals surface area contributed by atoms with Crippen molar-refractivity contribution in [2.45, 2.75) is 39.5 Å². The largest absolute Gasteiger partial charge is 0.291 e. The predicted octanol–water partition coefficient (Wildman–Crippen LogP) is 1.72. The Labute approximate surface area is 67.0 Å². The molecule has 0 saturated heterocycles. The quantitative estimate of drug-likeness (QED) is 0.393. The van der Waals surface area contributed by atoms with E-state index in [9.17, 15) is 9.59 Å². The molecule has 11 heavy (non-hydrogen) atoms. The summed E-state index contributed by atoms with van der Waals surface area (Å²) in [7, 11) is 0. The second kappa shape index (κ2) is 2.76. The van der Waals surface area contributed by atoms with Gasteiger partial charge in [-0.2, -0.15) is 0 Å². The molecule has 0 heterocycles. The van der Waals surface area contributed by atoms with E-state index in [1.165, 1.54) is 0 Å². The zero-order chi connectivity index (χ0) is 8.48. The second-order valence-corrected chi connectivity index (χ2v) is 4.01. The van der Waals surface area contributed by atoms with Gasteiger partial charge in [0.05, 0.1) is 0 Å². The van der Waals surface area contributed by atoms with Gasteiger partial charge in [-0.25, -0.2) is 0 Å². The van der Waals surface area contributed by atoms with E-state index in [0.717, 1.165) is 12.8 Å². The van der Waals surface area contributed by atoms with Crippen LogP contribution in [-0.4, -0.2) is 11.6 Å². The topological polar surface area (TPSA) is 34.1 Å². The predicted molar refractivity (Wildman–Crippen MR) is 42.3 cm³/mol. The minimum Gasteiger partial charge on any atom is -0.291 e. The van der Waals surface area contributed by atoms with Gasteiger partial charge in [-0.15, -0.1) is 0 Å². The molecule has 0 aromatic carbocycles. The monoisotopic (exact) mass is 154 g/mol. The Balaban J connectivity index is 2.66. The van der Waals surface area contributed by atoms with Gasteiger partial charge in [0.25, 0.3) is 0 Å². The van der Waals surface area contributed by atoms with E-state index in [-0.39, 0.29) is 17.0 Å². The minimum absolute atomic E-state index is 0.171. The molecule has 0 aromatic rings. The standard InChI is InChI=1S/C9H14O2/c1-9(2)5-3-7(10)8(11)4-6-9/h3-6H2,1-2H3. The van der Waals surface area contributed by atoms with Crippen LogP contribution in [-0.2, 0) is 9.59 Å². The van der Waals surface area contributed by atoms with Crippen LogP contribution in [0.2, 0.25) is 0 Å². The first-order valence-electron chi connectivity index (χ1n) is 4.07. The molecule has 1 fully saturated rings. The number of ketones is 2. The van der Waals surface area contributed by atoms with E-state index < -0.39 is 0 Å². The van der Waals surface area contributed by atoms with E-state index in [1.54, 1.807) is 0 Å². The van der Waals surface area contributed by atoms with Crippen molar-refractivity contribution >= 4 is 11.6 Å². The van der Waals surface area contributed by atoms with Gasteiger partial charge in [0.1, 0.15) is 0 Å². The first-order valence-corrected chi connectivity index (χ1v) is 4.07. The fourth-order valence-electron chi connectivity index (χ4n) is 1.31. The van der Waals surface area contributed by atoms with Gasteiger partial charge in [0.15, 0.2) is 11.6 Å². The van der Waals surface area contributed by atoms with Crippen LogP contribution in [0.4, 0.5) is 0 Å². The molecule has 1 aliphatic rings. The van der Waals surface area contributed by atoms with Gasteiger partial charge in [-0.1, -0.05) is 13.8 Å². The molecule has 0 aromatic heterocycles. The van der Waals surface area contributed by atoms with Crippen molar-refractivity contribution in [1.82, 2.24) is 0 Å². The van der Waals surface area contributed by atoms with E-state index in [1.807, 2.05) is 0 Å². The number of carbonyl (C=O) groups excluding carboxylic acids is 2. The third kappa shape index (κ3) is 2.14. The van der Waals surface area contributed by atoms with Crippen molar-refractivity contribution in [3.05, 3.63) is 0 Å². The van der Waals surface area contributed by atoms with Crippen molar-refractivity contribution in [1.29, 1.82) is 0 Å². The normalized spacial score (nSPS) is 24.9. The van der Waals surface area contributed by atoms with E-state index in [2.05, 4.69) is 13.8 Å². The zero-order valence-corrected chi connectivity index (χ0v) is 7.14. The fraction of sp³-hybridized carbons (Fsp3) is 0.778. The molecule has 0 spiro atoms. The van der Waals surface area contributed by atoms with Crippen LogP contribution in [0, 0.1) is 5.41 Å². The smallest absolute Gasteiger partial charge is 0.198 e. The summed E-state index contributed by atoms with van der Waals surface area (Å²) < 4.78 is 0. The molecule has 1 rings (SSSR count). The van der Waals surface area contributed by atoms with Gasteiger partial charge >= 0.3 is 0 Å². The first kappa shape index (κ1) is 8.44. The van der Waals surface area contributed by atoms with Crippen LogP contribution in [0.15, 0.2) is 0 Å². The highest BCUT2D eigenvalue weighted by atomic mass is 16.2. The maximum Gasteiger partial charge on any atom is 0.198 e. The summed E-state index contributed by atoms with van der Waals surface area (Å²) in [6, 6.07) is 0. The zero-order valence-electron chi connectivity index (χ0n) is 7.14. The first-order chi connectivity index (χ1) is 5.01. The maximum atomic E-state index is 11.0. The molecule has 0 radical (unpaired) electrons. The molecule has 0 aliphatic heterocycles. The number of hydrogen-bond acceptors (Lipinski definition) is 2. The van der Waals surface area contributed by atoms with E-state index >= 15 is 0 Å². The molecule has 2 heteroatoms. The summed E-state index contributed by atoms with van der Waals surface area (Å²) in [6.45, 7) is 4.22. The molecule has 0 N–H and O–H groups in total. The van der Waals surface area contributed by atoms with Crippen molar-refractivity contribution in [2.75, 3.05) is 0 Å². The van der Waals surface area contributed by atoms with Crippen LogP contribution in [0.3, 0.4) is 0 Å². The van der Waals surface area contributed by atoms with Crippen LogP contribution in [0.1, 0.15) is 39.5 Å². The summed E-state index contributed by atoms with van der Waals surface area (Å²) in [4.78, 5) is 21.9. The van der Waals surface area contributed by atoms with E-state index in [4.69, 9.17) is 0 Å². The van der Waals surface area contributed by atoms with Gasteiger partial charge in [-0.3, -0.25) is 9.59 Å². The Morgan fingerprint density at radius 3 is 1.73 bits per heavy atom. The van der Waals surface area contributed by atoms with Crippen molar-refractivity contribution in [3.63, 3.8) is 0 Å². The third-order valence-corrected chi connectivity index (χ3v) is 2.37. The number of rotatable bonds is 0. The molecular weight excluding hydrogens is 140 g/mol. The molecule has 0 unspecified atom stereocenters. The van der Waals surface area contributed by atoms with Crippen molar-refractivity contribution < 1.29 is 9.59 Å². The molecule has 62 valence electrons. The number of carbonyl (C=O) groups is 2. The van der Waals surface area contributed by atoms with Crippen LogP contribution in [0.5, 0.6) is 0 Å². The fourth-order valence-corrected chi connectivity index (χ4v) is 1.31. The lowest BCUT2D eigenvalue weighted by Crippen LogP contribution is -2.09. The number of hydrogen-bond donors (Lipinski definition) is 0. The molecule has 1 saturated carbocycles. The Kier molecular flexibility index (Phi) is 2.12. The van der Waals surface area contributed by atoms with Crippen LogP contribution < -0.4 is 0 Å². The maximum absolute atomic E-state index is 11.0. The van der Waals surface area contributed by atoms with E-state index in [0.29, 0.717) is 12.8 Å². The molecule has 2 nitrogen and oxygen atoms in total. The molecule has 0 amide bonds. The molecule has 1 aliphatic carbocycles. The van der Waals surface area contributed by atoms with Gasteiger partial charge < -0.3 is 0 Å². The minimum atomic E-state index is -0.171. The highest BCUT2D eigenvalue weighted by molar-refractivity contribution is 6.37. The lowest BCUT2D eigenvalue weighted by Gasteiger charge is -2.20. The number of Topliss-reactive ketones (excluding diaryl/α,β-unsaturated/α-hetero) is 2. The Bertz CT molecular complexity index is 172. The SMILES string of the molecule is CC1(C)CCC(=O)C(=O)CC1. The van der Waals surface area contributed by atoms with Crippen molar-refractivity contribution in [3.8, 4) is 0 Å².